The second kappa shape index (κ2) is 12.1. The zero-order chi connectivity index (χ0) is 28.5. The lowest BCUT2D eigenvalue weighted by Crippen LogP contribution is -2.49. The van der Waals surface area contributed by atoms with Gasteiger partial charge in [0, 0.05) is 25.3 Å². The van der Waals surface area contributed by atoms with E-state index < -0.39 is 10.0 Å². The molecule has 6 rings (SSSR count). The van der Waals surface area contributed by atoms with E-state index in [9.17, 15) is 8.42 Å². The van der Waals surface area contributed by atoms with Crippen molar-refractivity contribution in [1.82, 2.24) is 19.3 Å². The fourth-order valence-corrected chi connectivity index (χ4v) is 8.49. The van der Waals surface area contributed by atoms with E-state index in [2.05, 4.69) is 14.8 Å². The highest BCUT2D eigenvalue weighted by atomic mass is 32.2. The SMILES string of the molecule is Cc1cccc(C)c1S(=O)(=O)N(CCOc1nccc(N2CCC3(CCC(N4CCC4)CC3)CC2)n1)OCC1CC1. The van der Waals surface area contributed by atoms with Crippen LogP contribution in [0.4, 0.5) is 5.82 Å². The number of anilines is 1. The number of hydroxylamine groups is 1. The van der Waals surface area contributed by atoms with E-state index in [-0.39, 0.29) is 19.2 Å². The number of hydrogen-bond acceptors (Lipinski definition) is 8. The maximum atomic E-state index is 13.6. The molecule has 10 heteroatoms. The summed E-state index contributed by atoms with van der Waals surface area (Å²) in [7, 11) is -3.85. The maximum absolute atomic E-state index is 13.6. The Balaban J connectivity index is 1.04. The second-order valence-electron chi connectivity index (χ2n) is 12.6. The first-order chi connectivity index (χ1) is 19.8. The van der Waals surface area contributed by atoms with Crippen LogP contribution in [0.3, 0.4) is 0 Å². The number of sulfonamides is 1. The minimum atomic E-state index is -3.85. The lowest BCUT2D eigenvalue weighted by Gasteiger charge is -2.49. The van der Waals surface area contributed by atoms with Crippen LogP contribution in [0.1, 0.15) is 68.9 Å². The Labute approximate surface area is 245 Å². The van der Waals surface area contributed by atoms with Crippen LogP contribution in [0, 0.1) is 25.2 Å². The number of aryl methyl sites for hydroxylation is 2. The molecule has 224 valence electrons. The summed E-state index contributed by atoms with van der Waals surface area (Å²) in [6.45, 7) is 8.79. The van der Waals surface area contributed by atoms with Gasteiger partial charge in [-0.1, -0.05) is 22.7 Å². The third kappa shape index (κ3) is 6.55. The molecule has 1 aromatic carbocycles. The number of likely N-dealkylation sites (tertiary alicyclic amines) is 1. The Hall–Kier alpha value is -2.27. The van der Waals surface area contributed by atoms with E-state index in [1.165, 1.54) is 58.0 Å². The van der Waals surface area contributed by atoms with E-state index in [0.717, 1.165) is 42.3 Å². The number of aromatic nitrogens is 2. The van der Waals surface area contributed by atoms with Gasteiger partial charge in [-0.05, 0) is 113 Å². The van der Waals surface area contributed by atoms with Gasteiger partial charge in [0.25, 0.3) is 10.0 Å². The highest BCUT2D eigenvalue weighted by Crippen LogP contribution is 2.46. The summed E-state index contributed by atoms with van der Waals surface area (Å²) >= 11 is 0. The number of ether oxygens (including phenoxy) is 1. The van der Waals surface area contributed by atoms with E-state index >= 15 is 0 Å². The molecule has 1 aromatic heterocycles. The predicted octanol–water partition coefficient (Wildman–Crippen LogP) is 4.74. The fourth-order valence-electron chi connectivity index (χ4n) is 6.82. The minimum absolute atomic E-state index is 0.0566. The van der Waals surface area contributed by atoms with Crippen LogP contribution < -0.4 is 9.64 Å². The Morgan fingerprint density at radius 1 is 0.976 bits per heavy atom. The zero-order valence-corrected chi connectivity index (χ0v) is 25.4. The van der Waals surface area contributed by atoms with Crippen molar-refractivity contribution in [3.63, 3.8) is 0 Å². The summed E-state index contributed by atoms with van der Waals surface area (Å²) in [4.78, 5) is 20.2. The molecule has 3 heterocycles. The number of piperidine rings is 1. The highest BCUT2D eigenvalue weighted by molar-refractivity contribution is 7.89. The largest absolute Gasteiger partial charge is 0.462 e. The molecule has 41 heavy (non-hydrogen) atoms. The molecule has 2 saturated heterocycles. The summed E-state index contributed by atoms with van der Waals surface area (Å²) in [5, 5.41) is 0. The van der Waals surface area contributed by atoms with Crippen LogP contribution in [0.5, 0.6) is 6.01 Å². The zero-order valence-electron chi connectivity index (χ0n) is 24.6. The Morgan fingerprint density at radius 3 is 2.32 bits per heavy atom. The summed E-state index contributed by atoms with van der Waals surface area (Å²) in [6.07, 6.45) is 13.1. The van der Waals surface area contributed by atoms with Crippen molar-refractivity contribution in [2.75, 3.05) is 50.8 Å². The van der Waals surface area contributed by atoms with E-state index in [1.807, 2.05) is 38.1 Å². The van der Waals surface area contributed by atoms with Gasteiger partial charge >= 0.3 is 6.01 Å². The van der Waals surface area contributed by atoms with Crippen LogP contribution >= 0.6 is 0 Å². The van der Waals surface area contributed by atoms with Crippen LogP contribution in [-0.2, 0) is 14.9 Å². The summed E-state index contributed by atoms with van der Waals surface area (Å²) in [5.74, 6) is 1.30. The van der Waals surface area contributed by atoms with Crippen LogP contribution in [0.25, 0.3) is 0 Å². The molecule has 0 amide bonds. The first kappa shape index (κ1) is 28.8. The average Bonchev–Trinajstić information content (AvgIpc) is 3.76. The quantitative estimate of drug-likeness (QED) is 0.351. The maximum Gasteiger partial charge on any atom is 0.318 e. The second-order valence-corrected chi connectivity index (χ2v) is 14.4. The van der Waals surface area contributed by atoms with Crippen LogP contribution in [0.2, 0.25) is 0 Å². The molecule has 0 unspecified atom stereocenters. The molecule has 1 spiro atoms. The van der Waals surface area contributed by atoms with Gasteiger partial charge in [-0.3, -0.25) is 4.84 Å². The van der Waals surface area contributed by atoms with Gasteiger partial charge in [-0.25, -0.2) is 13.4 Å². The number of hydrogen-bond donors (Lipinski definition) is 0. The first-order valence-corrected chi connectivity index (χ1v) is 16.9. The van der Waals surface area contributed by atoms with Crippen molar-refractivity contribution >= 4 is 15.8 Å². The van der Waals surface area contributed by atoms with Gasteiger partial charge < -0.3 is 14.5 Å². The Kier molecular flexibility index (Phi) is 8.54. The van der Waals surface area contributed by atoms with E-state index in [4.69, 9.17) is 14.6 Å². The van der Waals surface area contributed by atoms with Crippen molar-refractivity contribution in [2.24, 2.45) is 11.3 Å². The van der Waals surface area contributed by atoms with Gasteiger partial charge in [0.2, 0.25) is 0 Å². The molecule has 4 aliphatic rings. The molecular weight excluding hydrogens is 538 g/mol. The Bertz CT molecular complexity index is 1280. The molecule has 9 nitrogen and oxygen atoms in total. The molecule has 0 N–H and O–H groups in total. The number of rotatable bonds is 11. The van der Waals surface area contributed by atoms with Gasteiger partial charge in [-0.15, -0.1) is 0 Å². The Morgan fingerprint density at radius 2 is 1.68 bits per heavy atom. The third-order valence-electron chi connectivity index (χ3n) is 9.78. The van der Waals surface area contributed by atoms with Crippen molar-refractivity contribution in [1.29, 1.82) is 0 Å². The van der Waals surface area contributed by atoms with Gasteiger partial charge in [0.05, 0.1) is 18.0 Å². The molecule has 2 aliphatic carbocycles. The van der Waals surface area contributed by atoms with E-state index in [0.29, 0.717) is 34.0 Å². The molecule has 2 aliphatic heterocycles. The first-order valence-electron chi connectivity index (χ1n) is 15.5. The number of benzene rings is 1. The monoisotopic (exact) mass is 583 g/mol. The predicted molar refractivity (Wildman–Crippen MR) is 158 cm³/mol. The van der Waals surface area contributed by atoms with Crippen molar-refractivity contribution in [3.8, 4) is 6.01 Å². The molecule has 0 atom stereocenters. The van der Waals surface area contributed by atoms with E-state index in [1.54, 1.807) is 6.20 Å². The minimum Gasteiger partial charge on any atom is -0.462 e. The van der Waals surface area contributed by atoms with Gasteiger partial charge in [0.15, 0.2) is 0 Å². The standard InChI is InChI=1S/C31H45N5O4S/c1-24-5-3-6-25(2)29(24)41(37,38)36(40-23-26-7-8-26)21-22-39-30-32-16-11-28(33-30)35-19-14-31(15-20-35)12-9-27(10-13-31)34-17-4-18-34/h3,5-6,11,16,26-27H,4,7-10,12-15,17-23H2,1-2H3. The average molecular weight is 584 g/mol. The summed E-state index contributed by atoms with van der Waals surface area (Å²) in [6, 6.07) is 8.53. The molecule has 2 aromatic rings. The lowest BCUT2D eigenvalue weighted by molar-refractivity contribution is -0.0940. The lowest BCUT2D eigenvalue weighted by atomic mass is 9.66. The number of nitrogens with zero attached hydrogens (tertiary/aromatic N) is 5. The van der Waals surface area contributed by atoms with Crippen molar-refractivity contribution < 1.29 is 18.0 Å². The molecule has 0 radical (unpaired) electrons. The van der Waals surface area contributed by atoms with Crippen molar-refractivity contribution in [2.45, 2.75) is 82.6 Å². The van der Waals surface area contributed by atoms with Crippen LogP contribution in [0.15, 0.2) is 35.4 Å². The van der Waals surface area contributed by atoms with Crippen LogP contribution in [-0.4, -0.2) is 79.7 Å². The van der Waals surface area contributed by atoms with Gasteiger partial charge in [0.1, 0.15) is 12.4 Å². The normalized spacial score (nSPS) is 21.8. The molecule has 2 saturated carbocycles. The molecule has 4 fully saturated rings. The van der Waals surface area contributed by atoms with Crippen molar-refractivity contribution in [3.05, 3.63) is 41.6 Å². The summed E-state index contributed by atoms with van der Waals surface area (Å²) in [5.41, 5.74) is 1.90. The van der Waals surface area contributed by atoms with Gasteiger partial charge in [-0.2, -0.15) is 4.98 Å². The topological polar surface area (TPSA) is 88.1 Å². The fraction of sp³-hybridized carbons (Fsp3) is 0.677. The highest BCUT2D eigenvalue weighted by Gasteiger charge is 2.40. The molecule has 0 bridgehead atoms. The summed E-state index contributed by atoms with van der Waals surface area (Å²) < 4.78 is 34.2. The third-order valence-corrected chi connectivity index (χ3v) is 11.8. The molecular formula is C31H45N5O4S. The smallest absolute Gasteiger partial charge is 0.318 e.